The van der Waals surface area contributed by atoms with Crippen molar-refractivity contribution in [1.29, 1.82) is 0 Å². The van der Waals surface area contributed by atoms with Crippen LogP contribution in [0.5, 0.6) is 0 Å². The van der Waals surface area contributed by atoms with Crippen LogP contribution < -0.4 is 10.6 Å². The summed E-state index contributed by atoms with van der Waals surface area (Å²) in [6, 6.07) is 12.1. The number of hydrogen-bond acceptors (Lipinski definition) is 5. The molecule has 1 aromatic heterocycles. The Hall–Kier alpha value is -3.70. The highest BCUT2D eigenvalue weighted by Crippen LogP contribution is 2.24. The number of aryl methyl sites for hydroxylation is 1. The molecular weight excluding hydrogens is 580 g/mol. The van der Waals surface area contributed by atoms with Gasteiger partial charge < -0.3 is 20.7 Å². The van der Waals surface area contributed by atoms with E-state index in [0.717, 1.165) is 26.3 Å². The standard InChI is InChI=1S/C33H46N4O6S/c1-22(2)21-37(44(42,43)25-16-14-23(3)15-17-25)29(31(39)40)13-9-10-18-34-30(38)28(36-32(41)33(4,5)6)19-24-20-35-27-12-8-7-11-26(24)27/h7-8,11-12,14-17,20,22,28-29,35H,9-10,13,18-19,21H2,1-6H3,(H,34,38)(H,36,41)(H,39,40)/t28-,29?/m0/s1. The minimum atomic E-state index is -4.05. The molecule has 0 saturated carbocycles. The molecule has 44 heavy (non-hydrogen) atoms. The van der Waals surface area contributed by atoms with Gasteiger partial charge in [-0.1, -0.05) is 70.5 Å². The first-order valence-corrected chi connectivity index (χ1v) is 16.5. The van der Waals surface area contributed by atoms with E-state index in [0.29, 0.717) is 19.3 Å². The van der Waals surface area contributed by atoms with Crippen LogP contribution in [0.2, 0.25) is 0 Å². The second-order valence-electron chi connectivity index (χ2n) is 12.8. The number of aromatic nitrogens is 1. The van der Waals surface area contributed by atoms with Gasteiger partial charge in [-0.15, -0.1) is 0 Å². The zero-order valence-electron chi connectivity index (χ0n) is 26.5. The average molecular weight is 627 g/mol. The van der Waals surface area contributed by atoms with E-state index in [4.69, 9.17) is 0 Å². The van der Waals surface area contributed by atoms with E-state index < -0.39 is 33.5 Å². The molecule has 2 atom stereocenters. The van der Waals surface area contributed by atoms with Crippen LogP contribution in [-0.2, 0) is 30.8 Å². The first-order chi connectivity index (χ1) is 20.6. The predicted molar refractivity (Wildman–Crippen MR) is 172 cm³/mol. The third-order valence-electron chi connectivity index (χ3n) is 7.41. The molecule has 0 aliphatic rings. The Morgan fingerprint density at radius 2 is 1.66 bits per heavy atom. The molecule has 1 heterocycles. The number of carboxylic acid groups (broad SMARTS) is 1. The van der Waals surface area contributed by atoms with E-state index in [9.17, 15) is 27.9 Å². The number of aliphatic carboxylic acids is 1. The molecule has 0 radical (unpaired) electrons. The van der Waals surface area contributed by atoms with E-state index in [2.05, 4.69) is 15.6 Å². The second-order valence-corrected chi connectivity index (χ2v) is 14.7. The molecule has 0 aliphatic carbocycles. The number of H-pyrrole nitrogens is 1. The van der Waals surface area contributed by atoms with E-state index in [1.54, 1.807) is 32.9 Å². The summed E-state index contributed by atoms with van der Waals surface area (Å²) in [6.45, 7) is 11.2. The quantitative estimate of drug-likeness (QED) is 0.181. The molecule has 1 unspecified atom stereocenters. The van der Waals surface area contributed by atoms with Crippen molar-refractivity contribution in [3.05, 3.63) is 65.9 Å². The van der Waals surface area contributed by atoms with Crippen LogP contribution >= 0.6 is 0 Å². The van der Waals surface area contributed by atoms with Gasteiger partial charge in [-0.3, -0.25) is 14.4 Å². The monoisotopic (exact) mass is 626 g/mol. The summed E-state index contributed by atoms with van der Waals surface area (Å²) < 4.78 is 28.1. The summed E-state index contributed by atoms with van der Waals surface area (Å²) in [4.78, 5) is 41.7. The SMILES string of the molecule is Cc1ccc(S(=O)(=O)N(CC(C)C)C(CCCCNC(=O)[C@H](Cc2c[nH]c3ccccc23)NC(=O)C(C)(C)C)C(=O)O)cc1. The summed E-state index contributed by atoms with van der Waals surface area (Å²) in [7, 11) is -4.05. The molecule has 0 saturated heterocycles. The number of benzene rings is 2. The molecule has 0 fully saturated rings. The number of rotatable bonds is 15. The third kappa shape index (κ3) is 9.15. The van der Waals surface area contributed by atoms with Crippen molar-refractivity contribution >= 4 is 38.7 Å². The summed E-state index contributed by atoms with van der Waals surface area (Å²) in [5, 5.41) is 16.8. The average Bonchev–Trinajstić information content (AvgIpc) is 3.35. The van der Waals surface area contributed by atoms with Crippen molar-refractivity contribution in [2.45, 2.75) is 84.2 Å². The maximum Gasteiger partial charge on any atom is 0.322 e. The van der Waals surface area contributed by atoms with Crippen molar-refractivity contribution in [2.24, 2.45) is 11.3 Å². The number of aromatic amines is 1. The molecule has 11 heteroatoms. The number of hydrogen-bond donors (Lipinski definition) is 4. The van der Waals surface area contributed by atoms with Gasteiger partial charge in [-0.25, -0.2) is 8.42 Å². The Morgan fingerprint density at radius 1 is 1.00 bits per heavy atom. The molecular formula is C33H46N4O6S. The van der Waals surface area contributed by atoms with Crippen LogP contribution in [-0.4, -0.2) is 65.8 Å². The Balaban J connectivity index is 1.67. The van der Waals surface area contributed by atoms with Gasteiger partial charge in [0.25, 0.3) is 0 Å². The Bertz CT molecular complexity index is 1540. The van der Waals surface area contributed by atoms with Crippen molar-refractivity contribution in [3.8, 4) is 0 Å². The molecule has 3 rings (SSSR count). The number of para-hydroxylation sites is 1. The minimum absolute atomic E-state index is 0.0563. The fourth-order valence-electron chi connectivity index (χ4n) is 4.89. The van der Waals surface area contributed by atoms with E-state index in [1.807, 2.05) is 51.2 Å². The minimum Gasteiger partial charge on any atom is -0.480 e. The van der Waals surface area contributed by atoms with Gasteiger partial charge in [0.15, 0.2) is 0 Å². The molecule has 0 bridgehead atoms. The Kier molecular flexibility index (Phi) is 11.7. The Morgan fingerprint density at radius 3 is 2.27 bits per heavy atom. The lowest BCUT2D eigenvalue weighted by Gasteiger charge is -2.29. The number of fused-ring (bicyclic) bond motifs is 1. The summed E-state index contributed by atoms with van der Waals surface area (Å²) in [5.41, 5.74) is 2.05. The molecule has 2 aromatic carbocycles. The molecule has 4 N–H and O–H groups in total. The first-order valence-electron chi connectivity index (χ1n) is 15.1. The van der Waals surface area contributed by atoms with Gasteiger partial charge in [0.1, 0.15) is 12.1 Å². The summed E-state index contributed by atoms with van der Waals surface area (Å²) >= 11 is 0. The van der Waals surface area contributed by atoms with Gasteiger partial charge in [-0.2, -0.15) is 4.31 Å². The van der Waals surface area contributed by atoms with Crippen molar-refractivity contribution < 1.29 is 27.9 Å². The maximum atomic E-state index is 13.5. The lowest BCUT2D eigenvalue weighted by molar-refractivity contribution is -0.142. The topological polar surface area (TPSA) is 149 Å². The lowest BCUT2D eigenvalue weighted by Crippen LogP contribution is -2.51. The predicted octanol–water partition coefficient (Wildman–Crippen LogP) is 4.64. The molecule has 2 amide bonds. The number of nitrogens with zero attached hydrogens (tertiary/aromatic N) is 1. The van der Waals surface area contributed by atoms with Gasteiger partial charge in [0.2, 0.25) is 21.8 Å². The number of amides is 2. The fraction of sp³-hybridized carbons (Fsp3) is 0.485. The molecule has 10 nitrogen and oxygen atoms in total. The largest absolute Gasteiger partial charge is 0.480 e. The summed E-state index contributed by atoms with van der Waals surface area (Å²) in [5.74, 6) is -1.89. The van der Waals surface area contributed by atoms with Crippen LogP contribution in [0.1, 0.15) is 65.0 Å². The van der Waals surface area contributed by atoms with Crippen LogP contribution in [0, 0.1) is 18.3 Å². The first kappa shape index (κ1) is 34.8. The van der Waals surface area contributed by atoms with E-state index >= 15 is 0 Å². The number of carbonyl (C=O) groups is 3. The van der Waals surface area contributed by atoms with Crippen LogP contribution in [0.25, 0.3) is 10.9 Å². The van der Waals surface area contributed by atoms with Crippen LogP contribution in [0.3, 0.4) is 0 Å². The highest BCUT2D eigenvalue weighted by molar-refractivity contribution is 7.89. The number of carboxylic acids is 1. The van der Waals surface area contributed by atoms with Crippen molar-refractivity contribution in [2.75, 3.05) is 13.1 Å². The van der Waals surface area contributed by atoms with Crippen LogP contribution in [0.4, 0.5) is 0 Å². The van der Waals surface area contributed by atoms with Crippen molar-refractivity contribution in [3.63, 3.8) is 0 Å². The van der Waals surface area contributed by atoms with E-state index in [1.165, 1.54) is 12.1 Å². The Labute approximate surface area is 260 Å². The molecule has 3 aromatic rings. The van der Waals surface area contributed by atoms with Crippen LogP contribution in [0.15, 0.2) is 59.6 Å². The fourth-order valence-corrected chi connectivity index (χ4v) is 6.67. The second kappa shape index (κ2) is 14.9. The summed E-state index contributed by atoms with van der Waals surface area (Å²) in [6.07, 6.45) is 3.02. The van der Waals surface area contributed by atoms with E-state index in [-0.39, 0.29) is 42.1 Å². The molecule has 0 spiro atoms. The smallest absolute Gasteiger partial charge is 0.322 e. The highest BCUT2D eigenvalue weighted by atomic mass is 32.2. The van der Waals surface area contributed by atoms with Gasteiger partial charge >= 0.3 is 5.97 Å². The maximum absolute atomic E-state index is 13.5. The molecule has 240 valence electrons. The van der Waals surface area contributed by atoms with Gasteiger partial charge in [-0.05, 0) is 55.9 Å². The molecule has 0 aliphatic heterocycles. The number of unbranched alkanes of at least 4 members (excludes halogenated alkanes) is 1. The normalized spacial score (nSPS) is 13.6. The lowest BCUT2D eigenvalue weighted by atomic mass is 9.94. The van der Waals surface area contributed by atoms with Gasteiger partial charge in [0.05, 0.1) is 4.90 Å². The zero-order chi connectivity index (χ0) is 32.7. The van der Waals surface area contributed by atoms with Gasteiger partial charge in [0, 0.05) is 42.0 Å². The third-order valence-corrected chi connectivity index (χ3v) is 9.30. The highest BCUT2D eigenvalue weighted by Gasteiger charge is 2.36. The number of sulfonamides is 1. The zero-order valence-corrected chi connectivity index (χ0v) is 27.3. The van der Waals surface area contributed by atoms with Crippen molar-refractivity contribution in [1.82, 2.24) is 19.9 Å². The number of nitrogens with one attached hydrogen (secondary N) is 3. The number of carbonyl (C=O) groups excluding carboxylic acids is 2.